The van der Waals surface area contributed by atoms with Gasteiger partial charge in [-0.1, -0.05) is 6.07 Å². The van der Waals surface area contributed by atoms with E-state index in [0.717, 1.165) is 42.2 Å². The molecule has 5 nitrogen and oxygen atoms in total. The maximum atomic E-state index is 11.4. The molecule has 2 fully saturated rings. The quantitative estimate of drug-likeness (QED) is 0.824. The summed E-state index contributed by atoms with van der Waals surface area (Å²) >= 11 is 5.70. The zero-order chi connectivity index (χ0) is 17.1. The lowest BCUT2D eigenvalue weighted by Gasteiger charge is -2.50. The number of benzene rings is 1. The molecule has 0 spiro atoms. The number of rotatable bonds is 3. The molecule has 1 aromatic carbocycles. The Morgan fingerprint density at radius 3 is 2.62 bits per heavy atom. The number of carbonyl (C=O) groups is 1. The molecule has 3 rings (SSSR count). The number of methoxy groups -OCH3 is 1. The Bertz CT molecular complexity index is 608. The largest absolute Gasteiger partial charge is 0.497 e. The zero-order valence-corrected chi connectivity index (χ0v) is 15.1. The Morgan fingerprint density at radius 1 is 1.29 bits per heavy atom. The van der Waals surface area contributed by atoms with Gasteiger partial charge in [0.15, 0.2) is 5.11 Å². The number of hydrogen-bond donors (Lipinski definition) is 2. The second-order valence-electron chi connectivity index (χ2n) is 6.68. The smallest absolute Gasteiger partial charge is 0.217 e. The summed E-state index contributed by atoms with van der Waals surface area (Å²) in [6, 6.07) is 8.89. The van der Waals surface area contributed by atoms with Crippen molar-refractivity contribution >= 4 is 28.9 Å². The van der Waals surface area contributed by atoms with Crippen LogP contribution in [0, 0.1) is 0 Å². The van der Waals surface area contributed by atoms with E-state index in [0.29, 0.717) is 12.1 Å². The minimum atomic E-state index is 0.0589. The van der Waals surface area contributed by atoms with Crippen LogP contribution in [0.4, 0.5) is 5.69 Å². The van der Waals surface area contributed by atoms with Gasteiger partial charge in [-0.25, -0.2) is 0 Å². The van der Waals surface area contributed by atoms with Crippen LogP contribution in [0.5, 0.6) is 5.75 Å². The first-order valence-electron chi connectivity index (χ1n) is 8.57. The number of hydrogen-bond acceptors (Lipinski definition) is 3. The summed E-state index contributed by atoms with van der Waals surface area (Å²) in [5.41, 5.74) is 0.946. The molecule has 0 aliphatic carbocycles. The summed E-state index contributed by atoms with van der Waals surface area (Å²) in [5.74, 6) is 0.871. The number of carbonyl (C=O) groups excluding carboxylic acids is 1. The maximum absolute atomic E-state index is 11.4. The SMILES string of the molecule is COc1cccc(NC(=S)N2C3CCCC2CC(NC(C)=O)C3)c1. The molecule has 6 heteroatoms. The van der Waals surface area contributed by atoms with Crippen LogP contribution in [0.2, 0.25) is 0 Å². The molecule has 1 amide bonds. The number of anilines is 1. The van der Waals surface area contributed by atoms with Gasteiger partial charge in [-0.15, -0.1) is 0 Å². The van der Waals surface area contributed by atoms with Gasteiger partial charge in [0.1, 0.15) is 5.75 Å². The third-order valence-corrected chi connectivity index (χ3v) is 5.25. The van der Waals surface area contributed by atoms with E-state index in [1.165, 1.54) is 6.42 Å². The van der Waals surface area contributed by atoms with Crippen molar-refractivity contribution in [1.82, 2.24) is 10.2 Å². The Kier molecular flexibility index (Phi) is 5.23. The zero-order valence-electron chi connectivity index (χ0n) is 14.2. The summed E-state index contributed by atoms with van der Waals surface area (Å²) < 4.78 is 5.27. The highest BCUT2D eigenvalue weighted by atomic mass is 32.1. The van der Waals surface area contributed by atoms with Crippen molar-refractivity contribution in [3.05, 3.63) is 24.3 Å². The molecule has 0 aromatic heterocycles. The maximum Gasteiger partial charge on any atom is 0.217 e. The molecular formula is C18H25N3O2S. The molecule has 2 heterocycles. The van der Waals surface area contributed by atoms with Crippen molar-refractivity contribution in [3.63, 3.8) is 0 Å². The van der Waals surface area contributed by atoms with Crippen LogP contribution in [0.25, 0.3) is 0 Å². The highest BCUT2D eigenvalue weighted by Gasteiger charge is 2.39. The Labute approximate surface area is 148 Å². The van der Waals surface area contributed by atoms with Crippen molar-refractivity contribution in [2.45, 2.75) is 57.2 Å². The highest BCUT2D eigenvalue weighted by Crippen LogP contribution is 2.34. The summed E-state index contributed by atoms with van der Waals surface area (Å²) in [7, 11) is 1.66. The molecule has 0 saturated carbocycles. The average Bonchev–Trinajstić information content (AvgIpc) is 2.53. The minimum Gasteiger partial charge on any atom is -0.497 e. The fraction of sp³-hybridized carbons (Fsp3) is 0.556. The normalized spacial score (nSPS) is 25.8. The van der Waals surface area contributed by atoms with E-state index in [4.69, 9.17) is 17.0 Å². The molecule has 1 aromatic rings. The number of amides is 1. The van der Waals surface area contributed by atoms with E-state index in [-0.39, 0.29) is 11.9 Å². The molecule has 0 radical (unpaired) electrons. The van der Waals surface area contributed by atoms with Gasteiger partial charge in [-0.2, -0.15) is 0 Å². The number of fused-ring (bicyclic) bond motifs is 2. The highest BCUT2D eigenvalue weighted by molar-refractivity contribution is 7.80. The van der Waals surface area contributed by atoms with Crippen molar-refractivity contribution in [3.8, 4) is 5.75 Å². The predicted octanol–water partition coefficient (Wildman–Crippen LogP) is 2.91. The third kappa shape index (κ3) is 3.80. The van der Waals surface area contributed by atoms with Gasteiger partial charge in [0.2, 0.25) is 5.91 Å². The van der Waals surface area contributed by atoms with Crippen LogP contribution in [-0.4, -0.2) is 41.2 Å². The number of ether oxygens (including phenoxy) is 1. The third-order valence-electron chi connectivity index (χ3n) is 4.94. The molecule has 2 saturated heterocycles. The molecule has 2 atom stereocenters. The second-order valence-corrected chi connectivity index (χ2v) is 7.06. The van der Waals surface area contributed by atoms with Crippen molar-refractivity contribution < 1.29 is 9.53 Å². The number of piperidine rings is 2. The number of thiocarbonyl (C=S) groups is 1. The summed E-state index contributed by atoms with van der Waals surface area (Å²) in [5, 5.41) is 7.23. The van der Waals surface area contributed by atoms with Gasteiger partial charge in [0, 0.05) is 36.8 Å². The minimum absolute atomic E-state index is 0.0589. The Balaban J connectivity index is 1.69. The van der Waals surface area contributed by atoms with Gasteiger partial charge in [0.25, 0.3) is 0 Å². The lowest BCUT2D eigenvalue weighted by molar-refractivity contribution is -0.120. The molecule has 24 heavy (non-hydrogen) atoms. The first-order valence-corrected chi connectivity index (χ1v) is 8.98. The van der Waals surface area contributed by atoms with Gasteiger partial charge in [-0.3, -0.25) is 4.79 Å². The summed E-state index contributed by atoms with van der Waals surface area (Å²) in [4.78, 5) is 13.7. The van der Waals surface area contributed by atoms with Crippen LogP contribution < -0.4 is 15.4 Å². The molecule has 2 bridgehead atoms. The van der Waals surface area contributed by atoms with Crippen LogP contribution >= 0.6 is 12.2 Å². The Morgan fingerprint density at radius 2 is 2.00 bits per heavy atom. The van der Waals surface area contributed by atoms with E-state index >= 15 is 0 Å². The first-order chi connectivity index (χ1) is 11.6. The van der Waals surface area contributed by atoms with E-state index in [1.807, 2.05) is 24.3 Å². The van der Waals surface area contributed by atoms with E-state index < -0.39 is 0 Å². The lowest BCUT2D eigenvalue weighted by atomic mass is 9.82. The second kappa shape index (κ2) is 7.38. The Hall–Kier alpha value is -1.82. The number of nitrogens with one attached hydrogen (secondary N) is 2. The van der Waals surface area contributed by atoms with Crippen LogP contribution in [0.1, 0.15) is 39.0 Å². The molecule has 130 valence electrons. The van der Waals surface area contributed by atoms with Crippen molar-refractivity contribution in [2.24, 2.45) is 0 Å². The first kappa shape index (κ1) is 17.0. The van der Waals surface area contributed by atoms with Gasteiger partial charge in [0.05, 0.1) is 7.11 Å². The van der Waals surface area contributed by atoms with Gasteiger partial charge in [-0.05, 0) is 56.5 Å². The number of nitrogens with zero attached hydrogens (tertiary/aromatic N) is 1. The monoisotopic (exact) mass is 347 g/mol. The standard InChI is InChI=1S/C18H25N3O2S/c1-12(22)19-14-9-15-6-4-7-16(10-14)21(15)18(24)20-13-5-3-8-17(11-13)23-2/h3,5,8,11,14-16H,4,6-7,9-10H2,1-2H3,(H,19,22)(H,20,24). The van der Waals surface area contributed by atoms with Gasteiger partial charge >= 0.3 is 0 Å². The van der Waals surface area contributed by atoms with E-state index in [9.17, 15) is 4.79 Å². The fourth-order valence-electron chi connectivity index (χ4n) is 4.01. The molecule has 2 unspecified atom stereocenters. The van der Waals surface area contributed by atoms with E-state index in [1.54, 1.807) is 14.0 Å². The lowest BCUT2D eigenvalue weighted by Crippen LogP contribution is -2.59. The van der Waals surface area contributed by atoms with Crippen molar-refractivity contribution in [1.29, 1.82) is 0 Å². The van der Waals surface area contributed by atoms with Crippen LogP contribution in [0.15, 0.2) is 24.3 Å². The van der Waals surface area contributed by atoms with Crippen molar-refractivity contribution in [2.75, 3.05) is 12.4 Å². The molecular weight excluding hydrogens is 322 g/mol. The van der Waals surface area contributed by atoms with E-state index in [2.05, 4.69) is 15.5 Å². The topological polar surface area (TPSA) is 53.6 Å². The van der Waals surface area contributed by atoms with Crippen LogP contribution in [0.3, 0.4) is 0 Å². The molecule has 2 aliphatic heterocycles. The summed E-state index contributed by atoms with van der Waals surface area (Å²) in [6.07, 6.45) is 5.44. The summed E-state index contributed by atoms with van der Waals surface area (Å²) in [6.45, 7) is 1.59. The van der Waals surface area contributed by atoms with Crippen LogP contribution in [-0.2, 0) is 4.79 Å². The average molecular weight is 347 g/mol. The molecule has 2 N–H and O–H groups in total. The van der Waals surface area contributed by atoms with Gasteiger partial charge < -0.3 is 20.3 Å². The fourth-order valence-corrected chi connectivity index (χ4v) is 4.42. The predicted molar refractivity (Wildman–Crippen MR) is 99.3 cm³/mol. The molecule has 2 aliphatic rings.